The van der Waals surface area contributed by atoms with E-state index < -0.39 is 0 Å². The van der Waals surface area contributed by atoms with Crippen molar-refractivity contribution in [2.75, 3.05) is 6.54 Å². The van der Waals surface area contributed by atoms with Crippen LogP contribution in [0.25, 0.3) is 0 Å². The first kappa shape index (κ1) is 13.2. The Bertz CT molecular complexity index is 567. The molecule has 2 rings (SSSR count). The van der Waals surface area contributed by atoms with E-state index in [1.807, 2.05) is 0 Å². The topological polar surface area (TPSA) is 54.9 Å². The second kappa shape index (κ2) is 6.09. The summed E-state index contributed by atoms with van der Waals surface area (Å²) in [5, 5.41) is 2.85. The molecule has 0 saturated heterocycles. The second-order valence-corrected chi connectivity index (χ2v) is 4.53. The van der Waals surface area contributed by atoms with E-state index in [9.17, 15) is 4.79 Å². The molecular formula is C15H17N3O. The van der Waals surface area contributed by atoms with Gasteiger partial charge in [0, 0.05) is 18.9 Å². The van der Waals surface area contributed by atoms with Crippen molar-refractivity contribution < 1.29 is 4.79 Å². The van der Waals surface area contributed by atoms with Gasteiger partial charge >= 0.3 is 0 Å². The highest BCUT2D eigenvalue weighted by molar-refractivity contribution is 5.91. The van der Waals surface area contributed by atoms with E-state index >= 15 is 0 Å². The second-order valence-electron chi connectivity index (χ2n) is 4.53. The van der Waals surface area contributed by atoms with Crippen LogP contribution in [-0.4, -0.2) is 22.4 Å². The van der Waals surface area contributed by atoms with Gasteiger partial charge in [0.1, 0.15) is 5.69 Å². The molecule has 98 valence electrons. The molecule has 1 aromatic heterocycles. The zero-order valence-corrected chi connectivity index (χ0v) is 11.2. The van der Waals surface area contributed by atoms with Gasteiger partial charge in [-0.3, -0.25) is 9.78 Å². The Kier molecular flexibility index (Phi) is 4.23. The Morgan fingerprint density at radius 1 is 1.26 bits per heavy atom. The van der Waals surface area contributed by atoms with Crippen molar-refractivity contribution in [2.24, 2.45) is 0 Å². The molecule has 4 heteroatoms. The van der Waals surface area contributed by atoms with Crippen LogP contribution in [0.3, 0.4) is 0 Å². The first-order valence-corrected chi connectivity index (χ1v) is 6.27. The lowest BCUT2D eigenvalue weighted by Gasteiger charge is -2.08. The molecule has 1 N–H and O–H groups in total. The molecule has 4 nitrogen and oxygen atoms in total. The summed E-state index contributed by atoms with van der Waals surface area (Å²) in [7, 11) is 0. The van der Waals surface area contributed by atoms with Crippen molar-refractivity contribution in [3.8, 4) is 0 Å². The van der Waals surface area contributed by atoms with Crippen LogP contribution in [0.5, 0.6) is 0 Å². The first-order chi connectivity index (χ1) is 9.16. The normalized spacial score (nSPS) is 10.2. The average Bonchev–Trinajstić information content (AvgIpc) is 2.43. The highest BCUT2D eigenvalue weighted by atomic mass is 16.1. The van der Waals surface area contributed by atoms with E-state index in [2.05, 4.69) is 47.3 Å². The first-order valence-electron chi connectivity index (χ1n) is 6.27. The number of carbonyl (C=O) groups excluding carboxylic acids is 1. The van der Waals surface area contributed by atoms with E-state index in [4.69, 9.17) is 0 Å². The third-order valence-electron chi connectivity index (χ3n) is 2.98. The molecule has 0 aliphatic rings. The van der Waals surface area contributed by atoms with E-state index in [-0.39, 0.29) is 5.91 Å². The SMILES string of the molecule is Cc1ccc(C)c(CCNC(=O)c2cnccn2)c1. The molecule has 19 heavy (non-hydrogen) atoms. The molecule has 0 fully saturated rings. The Hall–Kier alpha value is -2.23. The largest absolute Gasteiger partial charge is 0.350 e. The van der Waals surface area contributed by atoms with Crippen LogP contribution in [0.15, 0.2) is 36.8 Å². The molecule has 0 spiro atoms. The van der Waals surface area contributed by atoms with Crippen molar-refractivity contribution in [1.29, 1.82) is 0 Å². The van der Waals surface area contributed by atoms with Gasteiger partial charge in [0.25, 0.3) is 5.91 Å². The molecular weight excluding hydrogens is 238 g/mol. The molecule has 0 radical (unpaired) electrons. The number of aromatic nitrogens is 2. The Morgan fingerprint density at radius 2 is 2.11 bits per heavy atom. The molecule has 1 aromatic carbocycles. The summed E-state index contributed by atoms with van der Waals surface area (Å²) in [6, 6.07) is 6.36. The maximum absolute atomic E-state index is 11.8. The van der Waals surface area contributed by atoms with Gasteiger partial charge in [0.2, 0.25) is 0 Å². The van der Waals surface area contributed by atoms with Gasteiger partial charge < -0.3 is 5.32 Å². The van der Waals surface area contributed by atoms with Crippen molar-refractivity contribution in [3.63, 3.8) is 0 Å². The fourth-order valence-corrected chi connectivity index (χ4v) is 1.89. The van der Waals surface area contributed by atoms with E-state index in [0.29, 0.717) is 12.2 Å². The van der Waals surface area contributed by atoms with Gasteiger partial charge in [0.05, 0.1) is 6.20 Å². The average molecular weight is 255 g/mol. The zero-order valence-electron chi connectivity index (χ0n) is 11.2. The number of carbonyl (C=O) groups is 1. The highest BCUT2D eigenvalue weighted by Crippen LogP contribution is 2.10. The van der Waals surface area contributed by atoms with Gasteiger partial charge in [-0.05, 0) is 31.4 Å². The van der Waals surface area contributed by atoms with Gasteiger partial charge in [-0.25, -0.2) is 4.98 Å². The van der Waals surface area contributed by atoms with E-state index in [1.54, 1.807) is 6.20 Å². The van der Waals surface area contributed by atoms with Gasteiger partial charge in [0.15, 0.2) is 0 Å². The minimum absolute atomic E-state index is 0.182. The lowest BCUT2D eigenvalue weighted by Crippen LogP contribution is -2.26. The summed E-state index contributed by atoms with van der Waals surface area (Å²) in [5.41, 5.74) is 4.10. The molecule has 2 aromatic rings. The number of hydrogen-bond acceptors (Lipinski definition) is 3. The summed E-state index contributed by atoms with van der Waals surface area (Å²) in [6.45, 7) is 4.75. The maximum Gasteiger partial charge on any atom is 0.271 e. The molecule has 1 amide bonds. The number of nitrogens with zero attached hydrogens (tertiary/aromatic N) is 2. The van der Waals surface area contributed by atoms with Crippen LogP contribution in [0.4, 0.5) is 0 Å². The van der Waals surface area contributed by atoms with Gasteiger partial charge in [-0.2, -0.15) is 0 Å². The number of rotatable bonds is 4. The fraction of sp³-hybridized carbons (Fsp3) is 0.267. The number of amides is 1. The van der Waals surface area contributed by atoms with Crippen molar-refractivity contribution in [3.05, 3.63) is 59.2 Å². The zero-order chi connectivity index (χ0) is 13.7. The molecule has 1 heterocycles. The molecule has 0 aliphatic heterocycles. The summed E-state index contributed by atoms with van der Waals surface area (Å²) < 4.78 is 0. The van der Waals surface area contributed by atoms with Crippen LogP contribution in [0.2, 0.25) is 0 Å². The van der Waals surface area contributed by atoms with Crippen molar-refractivity contribution >= 4 is 5.91 Å². The molecule has 0 saturated carbocycles. The summed E-state index contributed by atoms with van der Waals surface area (Å²) >= 11 is 0. The Labute approximate surface area is 112 Å². The molecule has 0 aliphatic carbocycles. The number of nitrogens with one attached hydrogen (secondary N) is 1. The molecule has 0 atom stereocenters. The maximum atomic E-state index is 11.8. The van der Waals surface area contributed by atoms with Crippen LogP contribution in [-0.2, 0) is 6.42 Å². The van der Waals surface area contributed by atoms with Crippen LogP contribution < -0.4 is 5.32 Å². The lowest BCUT2D eigenvalue weighted by atomic mass is 10.0. The van der Waals surface area contributed by atoms with Crippen molar-refractivity contribution in [1.82, 2.24) is 15.3 Å². The fourth-order valence-electron chi connectivity index (χ4n) is 1.89. The number of hydrogen-bond donors (Lipinski definition) is 1. The van der Waals surface area contributed by atoms with Crippen LogP contribution in [0, 0.1) is 13.8 Å². The molecule has 0 bridgehead atoms. The Morgan fingerprint density at radius 3 is 2.84 bits per heavy atom. The smallest absolute Gasteiger partial charge is 0.271 e. The standard InChI is InChI=1S/C15H17N3O/c1-11-3-4-12(2)13(9-11)5-6-18-15(19)14-10-16-7-8-17-14/h3-4,7-10H,5-6H2,1-2H3,(H,18,19). The highest BCUT2D eigenvalue weighted by Gasteiger charge is 2.06. The predicted octanol–water partition coefficient (Wildman–Crippen LogP) is 2.07. The summed E-state index contributed by atoms with van der Waals surface area (Å²) in [5.74, 6) is -0.182. The van der Waals surface area contributed by atoms with E-state index in [0.717, 1.165) is 6.42 Å². The van der Waals surface area contributed by atoms with Gasteiger partial charge in [-0.15, -0.1) is 0 Å². The number of aryl methyl sites for hydroxylation is 2. The number of benzene rings is 1. The van der Waals surface area contributed by atoms with E-state index in [1.165, 1.54) is 29.1 Å². The summed E-state index contributed by atoms with van der Waals surface area (Å²) in [6.07, 6.45) is 5.35. The third-order valence-corrected chi connectivity index (χ3v) is 2.98. The molecule has 0 unspecified atom stereocenters. The minimum atomic E-state index is -0.182. The van der Waals surface area contributed by atoms with Gasteiger partial charge in [-0.1, -0.05) is 23.8 Å². The van der Waals surface area contributed by atoms with Crippen LogP contribution >= 0.6 is 0 Å². The minimum Gasteiger partial charge on any atom is -0.350 e. The van der Waals surface area contributed by atoms with Crippen LogP contribution in [0.1, 0.15) is 27.2 Å². The monoisotopic (exact) mass is 255 g/mol. The quantitative estimate of drug-likeness (QED) is 0.910. The summed E-state index contributed by atoms with van der Waals surface area (Å²) in [4.78, 5) is 19.6. The third kappa shape index (κ3) is 3.61. The lowest BCUT2D eigenvalue weighted by molar-refractivity contribution is 0.0948. The predicted molar refractivity (Wildman–Crippen MR) is 74.0 cm³/mol. The Balaban J connectivity index is 1.90. The van der Waals surface area contributed by atoms with Crippen molar-refractivity contribution in [2.45, 2.75) is 20.3 Å².